The van der Waals surface area contributed by atoms with Gasteiger partial charge in [-0.1, -0.05) is 13.0 Å². The summed E-state index contributed by atoms with van der Waals surface area (Å²) in [7, 11) is 1.84. The minimum atomic E-state index is 0.154. The van der Waals surface area contributed by atoms with Gasteiger partial charge in [0.2, 0.25) is 5.91 Å². The van der Waals surface area contributed by atoms with Crippen molar-refractivity contribution in [3.63, 3.8) is 0 Å². The van der Waals surface area contributed by atoms with Crippen molar-refractivity contribution in [3.8, 4) is 0 Å². The molecule has 5 nitrogen and oxygen atoms in total. The minimum Gasteiger partial charge on any atom is -0.346 e. The molecule has 19 heavy (non-hydrogen) atoms. The van der Waals surface area contributed by atoms with E-state index < -0.39 is 0 Å². The molecule has 0 spiro atoms. The number of hydrogen-bond donors (Lipinski definition) is 1. The lowest BCUT2D eigenvalue weighted by Crippen LogP contribution is -2.48. The normalized spacial score (nSPS) is 16.0. The van der Waals surface area contributed by atoms with Crippen LogP contribution in [0.4, 0.5) is 5.82 Å². The Morgan fingerprint density at radius 3 is 2.84 bits per heavy atom. The van der Waals surface area contributed by atoms with E-state index in [1.54, 1.807) is 4.90 Å². The van der Waals surface area contributed by atoms with Gasteiger partial charge in [0.25, 0.3) is 0 Å². The molecule has 0 aliphatic carbocycles. The van der Waals surface area contributed by atoms with E-state index in [1.807, 2.05) is 24.2 Å². The van der Waals surface area contributed by atoms with Crippen LogP contribution < -0.4 is 10.2 Å². The monoisotopic (exact) mass is 262 g/mol. The van der Waals surface area contributed by atoms with Crippen LogP contribution >= 0.6 is 0 Å². The Bertz CT molecular complexity index is 418. The van der Waals surface area contributed by atoms with Crippen molar-refractivity contribution < 1.29 is 4.79 Å². The Morgan fingerprint density at radius 1 is 1.37 bits per heavy atom. The van der Waals surface area contributed by atoms with Crippen molar-refractivity contribution in [2.75, 3.05) is 38.1 Å². The molecule has 104 valence electrons. The number of rotatable bonds is 5. The Kier molecular flexibility index (Phi) is 4.74. The molecule has 0 bridgehead atoms. The number of likely N-dealkylation sites (N-methyl/N-ethyl adjacent to an activating group) is 1. The van der Waals surface area contributed by atoms with Gasteiger partial charge in [-0.2, -0.15) is 0 Å². The molecule has 0 aromatic carbocycles. The SMILES string of the molecule is CCCNCc1ccc(N2CCN(C)C(=O)C2)nc1. The number of carbonyl (C=O) groups excluding carboxylic acids is 1. The van der Waals surface area contributed by atoms with Gasteiger partial charge >= 0.3 is 0 Å². The lowest BCUT2D eigenvalue weighted by molar-refractivity contribution is -0.129. The van der Waals surface area contributed by atoms with Crippen molar-refractivity contribution in [1.29, 1.82) is 0 Å². The van der Waals surface area contributed by atoms with Crippen molar-refractivity contribution in [2.45, 2.75) is 19.9 Å². The van der Waals surface area contributed by atoms with Crippen LogP contribution in [0.25, 0.3) is 0 Å². The van der Waals surface area contributed by atoms with E-state index in [9.17, 15) is 4.79 Å². The zero-order valence-electron chi connectivity index (χ0n) is 11.7. The summed E-state index contributed by atoms with van der Waals surface area (Å²) >= 11 is 0. The molecule has 1 N–H and O–H groups in total. The molecule has 2 rings (SSSR count). The number of anilines is 1. The van der Waals surface area contributed by atoms with Crippen LogP contribution in [0.1, 0.15) is 18.9 Å². The van der Waals surface area contributed by atoms with Crippen LogP contribution in [0.2, 0.25) is 0 Å². The maximum absolute atomic E-state index is 11.7. The number of hydrogen-bond acceptors (Lipinski definition) is 4. The largest absolute Gasteiger partial charge is 0.346 e. The van der Waals surface area contributed by atoms with Gasteiger partial charge in [-0.3, -0.25) is 4.79 Å². The molecule has 1 aliphatic rings. The van der Waals surface area contributed by atoms with E-state index >= 15 is 0 Å². The van der Waals surface area contributed by atoms with E-state index in [1.165, 1.54) is 5.56 Å². The number of nitrogens with zero attached hydrogens (tertiary/aromatic N) is 3. The summed E-state index contributed by atoms with van der Waals surface area (Å²) in [4.78, 5) is 19.9. The highest BCUT2D eigenvalue weighted by Crippen LogP contribution is 2.14. The second-order valence-corrected chi connectivity index (χ2v) is 4.94. The number of aromatic nitrogens is 1. The standard InChI is InChI=1S/C14H22N4O/c1-3-6-15-9-12-4-5-13(16-10-12)18-8-7-17(2)14(19)11-18/h4-5,10,15H,3,6-9,11H2,1-2H3. The van der Waals surface area contributed by atoms with Gasteiger partial charge in [0.05, 0.1) is 6.54 Å². The Morgan fingerprint density at radius 2 is 2.21 bits per heavy atom. The molecule has 2 heterocycles. The van der Waals surface area contributed by atoms with Gasteiger partial charge in [0.1, 0.15) is 5.82 Å². The molecule has 1 fully saturated rings. The lowest BCUT2D eigenvalue weighted by atomic mass is 10.2. The first-order valence-corrected chi connectivity index (χ1v) is 6.85. The molecule has 1 aromatic rings. The van der Waals surface area contributed by atoms with Crippen LogP contribution in [-0.4, -0.2) is 49.0 Å². The summed E-state index contributed by atoms with van der Waals surface area (Å²) in [6.07, 6.45) is 3.02. The third-order valence-corrected chi connectivity index (χ3v) is 3.35. The van der Waals surface area contributed by atoms with Gasteiger partial charge in [0.15, 0.2) is 0 Å². The summed E-state index contributed by atoms with van der Waals surface area (Å²) in [5, 5.41) is 3.35. The van der Waals surface area contributed by atoms with Crippen molar-refractivity contribution in [3.05, 3.63) is 23.9 Å². The maximum Gasteiger partial charge on any atom is 0.241 e. The van der Waals surface area contributed by atoms with Crippen molar-refractivity contribution >= 4 is 11.7 Å². The molecule has 1 saturated heterocycles. The van der Waals surface area contributed by atoms with Crippen LogP contribution in [0, 0.1) is 0 Å². The van der Waals surface area contributed by atoms with Crippen LogP contribution in [-0.2, 0) is 11.3 Å². The molecule has 0 atom stereocenters. The maximum atomic E-state index is 11.7. The highest BCUT2D eigenvalue weighted by molar-refractivity contribution is 5.82. The highest BCUT2D eigenvalue weighted by atomic mass is 16.2. The van der Waals surface area contributed by atoms with Gasteiger partial charge in [-0.15, -0.1) is 0 Å². The molecule has 5 heteroatoms. The average molecular weight is 262 g/mol. The third-order valence-electron chi connectivity index (χ3n) is 3.35. The highest BCUT2D eigenvalue weighted by Gasteiger charge is 2.21. The van der Waals surface area contributed by atoms with Crippen molar-refractivity contribution in [2.24, 2.45) is 0 Å². The first-order chi connectivity index (χ1) is 9.20. The predicted molar refractivity (Wildman–Crippen MR) is 76.1 cm³/mol. The number of amides is 1. The lowest BCUT2D eigenvalue weighted by Gasteiger charge is -2.32. The number of carbonyl (C=O) groups is 1. The average Bonchev–Trinajstić information content (AvgIpc) is 2.43. The quantitative estimate of drug-likeness (QED) is 0.800. The van der Waals surface area contributed by atoms with Crippen LogP contribution in [0.3, 0.4) is 0 Å². The van der Waals surface area contributed by atoms with E-state index in [2.05, 4.69) is 23.3 Å². The number of piperazine rings is 1. The van der Waals surface area contributed by atoms with Gasteiger partial charge < -0.3 is 15.1 Å². The first-order valence-electron chi connectivity index (χ1n) is 6.85. The summed E-state index contributed by atoms with van der Waals surface area (Å²) in [5.74, 6) is 1.04. The fourth-order valence-electron chi connectivity index (χ4n) is 2.07. The summed E-state index contributed by atoms with van der Waals surface area (Å²) in [6.45, 7) is 6.07. The molecular weight excluding hydrogens is 240 g/mol. The summed E-state index contributed by atoms with van der Waals surface area (Å²) < 4.78 is 0. The van der Waals surface area contributed by atoms with Crippen LogP contribution in [0.15, 0.2) is 18.3 Å². The molecule has 0 saturated carbocycles. The number of nitrogens with one attached hydrogen (secondary N) is 1. The Hall–Kier alpha value is -1.62. The number of pyridine rings is 1. The molecule has 1 amide bonds. The zero-order chi connectivity index (χ0) is 13.7. The fourth-order valence-corrected chi connectivity index (χ4v) is 2.07. The first kappa shape index (κ1) is 13.8. The molecular formula is C14H22N4O. The zero-order valence-corrected chi connectivity index (χ0v) is 11.7. The van der Waals surface area contributed by atoms with Gasteiger partial charge in [0, 0.05) is 32.9 Å². The second-order valence-electron chi connectivity index (χ2n) is 4.94. The topological polar surface area (TPSA) is 48.5 Å². The summed E-state index contributed by atoms with van der Waals surface area (Å²) in [5.41, 5.74) is 1.18. The molecule has 0 radical (unpaired) electrons. The Balaban J connectivity index is 1.93. The van der Waals surface area contributed by atoms with Crippen LogP contribution in [0.5, 0.6) is 0 Å². The summed E-state index contributed by atoms with van der Waals surface area (Å²) in [6, 6.07) is 4.08. The molecule has 0 unspecified atom stereocenters. The third kappa shape index (κ3) is 3.67. The van der Waals surface area contributed by atoms with E-state index in [-0.39, 0.29) is 5.91 Å². The Labute approximate surface area is 114 Å². The van der Waals surface area contributed by atoms with E-state index in [0.717, 1.165) is 38.4 Å². The van der Waals surface area contributed by atoms with E-state index in [4.69, 9.17) is 0 Å². The molecule has 1 aliphatic heterocycles. The smallest absolute Gasteiger partial charge is 0.241 e. The predicted octanol–water partition coefficient (Wildman–Crippen LogP) is 0.860. The molecule has 1 aromatic heterocycles. The van der Waals surface area contributed by atoms with E-state index in [0.29, 0.717) is 6.54 Å². The minimum absolute atomic E-state index is 0.154. The van der Waals surface area contributed by atoms with Gasteiger partial charge in [-0.05, 0) is 24.6 Å². The van der Waals surface area contributed by atoms with Gasteiger partial charge in [-0.25, -0.2) is 4.98 Å². The fraction of sp³-hybridized carbons (Fsp3) is 0.571. The second kappa shape index (κ2) is 6.52. The van der Waals surface area contributed by atoms with Crippen molar-refractivity contribution in [1.82, 2.24) is 15.2 Å².